The van der Waals surface area contributed by atoms with Crippen LogP contribution in [0.25, 0.3) is 0 Å². The summed E-state index contributed by atoms with van der Waals surface area (Å²) >= 11 is 3.48. The van der Waals surface area contributed by atoms with Crippen molar-refractivity contribution in [2.75, 3.05) is 5.75 Å². The molecule has 0 radical (unpaired) electrons. The molecule has 1 aliphatic rings. The van der Waals surface area contributed by atoms with Gasteiger partial charge in [-0.2, -0.15) is 0 Å². The fraction of sp³-hybridized carbons (Fsp3) is 0.636. The van der Waals surface area contributed by atoms with Crippen LogP contribution in [0.15, 0.2) is 16.6 Å². The maximum Gasteiger partial charge on any atom is 0.157 e. The first-order valence-electron chi connectivity index (χ1n) is 5.51. The van der Waals surface area contributed by atoms with E-state index in [1.54, 1.807) is 11.3 Å². The Morgan fingerprint density at radius 2 is 2.50 bits per heavy atom. The standard InChI is InChI=1S/C11H17N3S2/c1-4-11(3)7-16-10(14-11)13-8(2)9-12-5-6-15-9/h5-6,8H,4,7H2,1-3H3,(H,13,14). The summed E-state index contributed by atoms with van der Waals surface area (Å²) in [5, 5.41) is 7.64. The SMILES string of the molecule is CCC1(C)CSC(=NC(C)c2nccs2)N1. The first-order chi connectivity index (χ1) is 7.63. The van der Waals surface area contributed by atoms with E-state index in [0.29, 0.717) is 0 Å². The minimum absolute atomic E-state index is 0.161. The van der Waals surface area contributed by atoms with E-state index in [0.717, 1.165) is 22.3 Å². The number of aromatic nitrogens is 1. The average Bonchev–Trinajstić information content (AvgIpc) is 2.88. The second-order valence-corrected chi connectivity index (χ2v) is 6.20. The Labute approximate surface area is 105 Å². The van der Waals surface area contributed by atoms with Crippen molar-refractivity contribution in [3.8, 4) is 0 Å². The summed E-state index contributed by atoms with van der Waals surface area (Å²) in [6, 6.07) is 0.161. The summed E-state index contributed by atoms with van der Waals surface area (Å²) in [7, 11) is 0. The first kappa shape index (κ1) is 11.9. The number of nitrogens with zero attached hydrogens (tertiary/aromatic N) is 2. The molecular weight excluding hydrogens is 238 g/mol. The Kier molecular flexibility index (Phi) is 3.54. The van der Waals surface area contributed by atoms with Crippen molar-refractivity contribution in [3.63, 3.8) is 0 Å². The van der Waals surface area contributed by atoms with Gasteiger partial charge in [-0.25, -0.2) is 4.98 Å². The lowest BCUT2D eigenvalue weighted by Gasteiger charge is -2.21. The largest absolute Gasteiger partial charge is 0.359 e. The number of aliphatic imine (C=N–C) groups is 1. The summed E-state index contributed by atoms with van der Waals surface area (Å²) in [6.45, 7) is 6.55. The Morgan fingerprint density at radius 1 is 1.69 bits per heavy atom. The maximum atomic E-state index is 4.68. The number of amidine groups is 1. The van der Waals surface area contributed by atoms with E-state index < -0.39 is 0 Å². The number of thioether (sulfide) groups is 1. The fourth-order valence-corrected chi connectivity index (χ4v) is 3.41. The average molecular weight is 255 g/mol. The van der Waals surface area contributed by atoms with Gasteiger partial charge in [-0.3, -0.25) is 4.99 Å². The van der Waals surface area contributed by atoms with Crippen molar-refractivity contribution in [3.05, 3.63) is 16.6 Å². The Morgan fingerprint density at radius 3 is 3.06 bits per heavy atom. The maximum absolute atomic E-state index is 4.68. The molecule has 0 aromatic carbocycles. The fourth-order valence-electron chi connectivity index (χ4n) is 1.49. The summed E-state index contributed by atoms with van der Waals surface area (Å²) in [5.41, 5.74) is 0.214. The van der Waals surface area contributed by atoms with Crippen LogP contribution in [0.2, 0.25) is 0 Å². The van der Waals surface area contributed by atoms with Gasteiger partial charge in [0, 0.05) is 22.9 Å². The number of nitrogens with one attached hydrogen (secondary N) is 1. The third-order valence-electron chi connectivity index (χ3n) is 2.84. The van der Waals surface area contributed by atoms with Crippen molar-refractivity contribution in [1.29, 1.82) is 0 Å². The van der Waals surface area contributed by atoms with Crippen molar-refractivity contribution in [2.24, 2.45) is 4.99 Å². The van der Waals surface area contributed by atoms with Crippen LogP contribution in [-0.2, 0) is 0 Å². The Balaban J connectivity index is 2.04. The summed E-state index contributed by atoms with van der Waals surface area (Å²) in [5.74, 6) is 1.10. The third-order valence-corrected chi connectivity index (χ3v) is 5.04. The van der Waals surface area contributed by atoms with E-state index in [4.69, 9.17) is 0 Å². The molecule has 88 valence electrons. The van der Waals surface area contributed by atoms with Gasteiger partial charge in [0.15, 0.2) is 5.17 Å². The van der Waals surface area contributed by atoms with Crippen LogP contribution >= 0.6 is 23.1 Å². The summed E-state index contributed by atoms with van der Waals surface area (Å²) < 4.78 is 0. The van der Waals surface area contributed by atoms with Gasteiger partial charge in [-0.1, -0.05) is 18.7 Å². The predicted molar refractivity (Wildman–Crippen MR) is 72.3 cm³/mol. The number of hydrogen-bond acceptors (Lipinski definition) is 4. The van der Waals surface area contributed by atoms with E-state index in [-0.39, 0.29) is 11.6 Å². The van der Waals surface area contributed by atoms with Gasteiger partial charge in [0.05, 0.1) is 0 Å². The van der Waals surface area contributed by atoms with Crippen LogP contribution in [0.1, 0.15) is 38.2 Å². The monoisotopic (exact) mass is 255 g/mol. The Hall–Kier alpha value is -0.550. The van der Waals surface area contributed by atoms with Crippen molar-refractivity contribution < 1.29 is 0 Å². The van der Waals surface area contributed by atoms with Gasteiger partial charge < -0.3 is 5.32 Å². The molecular formula is C11H17N3S2. The number of hydrogen-bond donors (Lipinski definition) is 1. The van der Waals surface area contributed by atoms with E-state index in [9.17, 15) is 0 Å². The second-order valence-electron chi connectivity index (χ2n) is 4.31. The highest BCUT2D eigenvalue weighted by Crippen LogP contribution is 2.28. The number of thiazole rings is 1. The second kappa shape index (κ2) is 4.75. The summed E-state index contributed by atoms with van der Waals surface area (Å²) in [6.07, 6.45) is 2.96. The molecule has 1 aliphatic heterocycles. The lowest BCUT2D eigenvalue weighted by molar-refractivity contribution is 0.465. The highest BCUT2D eigenvalue weighted by molar-refractivity contribution is 8.14. The molecule has 5 heteroatoms. The molecule has 0 saturated carbocycles. The molecule has 0 bridgehead atoms. The molecule has 0 aliphatic carbocycles. The normalized spacial score (nSPS) is 29.3. The molecule has 16 heavy (non-hydrogen) atoms. The molecule has 3 nitrogen and oxygen atoms in total. The van der Waals surface area contributed by atoms with Gasteiger partial charge >= 0.3 is 0 Å². The van der Waals surface area contributed by atoms with E-state index in [1.165, 1.54) is 0 Å². The molecule has 2 unspecified atom stereocenters. The van der Waals surface area contributed by atoms with E-state index in [1.807, 2.05) is 23.3 Å². The lowest BCUT2D eigenvalue weighted by atomic mass is 10.0. The molecule has 1 N–H and O–H groups in total. The predicted octanol–water partition coefficient (Wildman–Crippen LogP) is 3.07. The van der Waals surface area contributed by atoms with Gasteiger partial charge in [0.2, 0.25) is 0 Å². The quantitative estimate of drug-likeness (QED) is 0.902. The van der Waals surface area contributed by atoms with E-state index >= 15 is 0 Å². The first-order valence-corrected chi connectivity index (χ1v) is 7.38. The van der Waals surface area contributed by atoms with Crippen molar-refractivity contribution in [2.45, 2.75) is 38.8 Å². The molecule has 1 fully saturated rings. The minimum Gasteiger partial charge on any atom is -0.359 e. The zero-order valence-electron chi connectivity index (χ0n) is 9.86. The van der Waals surface area contributed by atoms with Crippen molar-refractivity contribution >= 4 is 28.3 Å². The molecule has 2 heterocycles. The topological polar surface area (TPSA) is 37.3 Å². The highest BCUT2D eigenvalue weighted by Gasteiger charge is 2.30. The zero-order valence-corrected chi connectivity index (χ0v) is 11.5. The lowest BCUT2D eigenvalue weighted by Crippen LogP contribution is -2.39. The molecule has 0 amide bonds. The third kappa shape index (κ3) is 2.58. The number of rotatable bonds is 3. The van der Waals surface area contributed by atoms with Crippen LogP contribution in [0.3, 0.4) is 0 Å². The van der Waals surface area contributed by atoms with Crippen molar-refractivity contribution in [1.82, 2.24) is 10.3 Å². The van der Waals surface area contributed by atoms with Crippen LogP contribution in [0.5, 0.6) is 0 Å². The molecule has 1 saturated heterocycles. The minimum atomic E-state index is 0.161. The van der Waals surface area contributed by atoms with Gasteiger partial charge in [-0.05, 0) is 20.3 Å². The zero-order chi connectivity index (χ0) is 11.6. The Bertz CT molecular complexity index is 375. The molecule has 1 aromatic rings. The van der Waals surface area contributed by atoms with Crippen LogP contribution in [-0.4, -0.2) is 21.4 Å². The van der Waals surface area contributed by atoms with Gasteiger partial charge in [0.25, 0.3) is 0 Å². The molecule has 2 rings (SSSR count). The van der Waals surface area contributed by atoms with Crippen LogP contribution < -0.4 is 5.32 Å². The van der Waals surface area contributed by atoms with Crippen LogP contribution in [0, 0.1) is 0 Å². The van der Waals surface area contributed by atoms with E-state index in [2.05, 4.69) is 36.1 Å². The van der Waals surface area contributed by atoms with Crippen LogP contribution in [0.4, 0.5) is 0 Å². The molecule has 0 spiro atoms. The molecule has 1 aromatic heterocycles. The molecule has 2 atom stereocenters. The van der Waals surface area contributed by atoms with Gasteiger partial charge in [-0.15, -0.1) is 11.3 Å². The smallest absolute Gasteiger partial charge is 0.157 e. The summed E-state index contributed by atoms with van der Waals surface area (Å²) in [4.78, 5) is 8.97. The van der Waals surface area contributed by atoms with Gasteiger partial charge in [0.1, 0.15) is 11.0 Å². The highest BCUT2D eigenvalue weighted by atomic mass is 32.2.